The number of carbonyl (C=O) groups is 1. The van der Waals surface area contributed by atoms with Crippen molar-refractivity contribution in [2.24, 2.45) is 0 Å². The van der Waals surface area contributed by atoms with Crippen molar-refractivity contribution in [2.45, 2.75) is 11.3 Å². The van der Waals surface area contributed by atoms with Gasteiger partial charge in [0.05, 0.1) is 36.3 Å². The zero-order valence-corrected chi connectivity index (χ0v) is 16.0. The highest BCUT2D eigenvalue weighted by atomic mass is 32.2. The van der Waals surface area contributed by atoms with Crippen LogP contribution in [0.5, 0.6) is 11.5 Å². The van der Waals surface area contributed by atoms with Gasteiger partial charge in [-0.3, -0.25) is 4.79 Å². The standard InChI is InChI=1S/C19H19N3O5S/c1-22(28(24,25)16-6-3-14(12-20)4-7-16)13-19(23)21-15-5-8-17-18(11-15)27-10-2-9-26-17/h3-8,11H,2,9-10,13H2,1H3,(H,21,23). The van der Waals surface area contributed by atoms with E-state index >= 15 is 0 Å². The van der Waals surface area contributed by atoms with Crippen LogP contribution in [0.3, 0.4) is 0 Å². The van der Waals surface area contributed by atoms with Crippen molar-refractivity contribution in [2.75, 3.05) is 32.1 Å². The number of anilines is 1. The summed E-state index contributed by atoms with van der Waals surface area (Å²) < 4.78 is 37.2. The fourth-order valence-corrected chi connectivity index (χ4v) is 3.74. The second kappa shape index (κ2) is 8.29. The summed E-state index contributed by atoms with van der Waals surface area (Å²) >= 11 is 0. The number of nitriles is 1. The number of nitrogens with zero attached hydrogens (tertiary/aromatic N) is 2. The van der Waals surface area contributed by atoms with Gasteiger partial charge in [-0.2, -0.15) is 9.57 Å². The van der Waals surface area contributed by atoms with E-state index in [-0.39, 0.29) is 11.4 Å². The first-order chi connectivity index (χ1) is 13.4. The molecule has 0 atom stereocenters. The average molecular weight is 401 g/mol. The number of hydrogen-bond acceptors (Lipinski definition) is 6. The van der Waals surface area contributed by atoms with Gasteiger partial charge in [0.15, 0.2) is 11.5 Å². The molecule has 28 heavy (non-hydrogen) atoms. The molecule has 0 aromatic heterocycles. The Morgan fingerprint density at radius 2 is 1.82 bits per heavy atom. The minimum atomic E-state index is -3.85. The summed E-state index contributed by atoms with van der Waals surface area (Å²) in [5.41, 5.74) is 0.840. The SMILES string of the molecule is CN(CC(=O)Nc1ccc2c(c1)OCCCO2)S(=O)(=O)c1ccc(C#N)cc1. The zero-order valence-electron chi connectivity index (χ0n) is 15.2. The number of ether oxygens (including phenoxy) is 2. The van der Waals surface area contributed by atoms with Gasteiger partial charge in [0.2, 0.25) is 15.9 Å². The van der Waals surface area contributed by atoms with Crippen LogP contribution in [0.2, 0.25) is 0 Å². The first-order valence-electron chi connectivity index (χ1n) is 8.56. The molecule has 0 unspecified atom stereocenters. The highest BCUT2D eigenvalue weighted by Crippen LogP contribution is 2.32. The summed E-state index contributed by atoms with van der Waals surface area (Å²) in [6, 6.07) is 12.5. The van der Waals surface area contributed by atoms with E-state index in [0.29, 0.717) is 36.0 Å². The quantitative estimate of drug-likeness (QED) is 0.821. The lowest BCUT2D eigenvalue weighted by atomic mass is 10.2. The van der Waals surface area contributed by atoms with E-state index in [1.165, 1.54) is 31.3 Å². The molecule has 0 saturated heterocycles. The fourth-order valence-electron chi connectivity index (χ4n) is 2.61. The highest BCUT2D eigenvalue weighted by molar-refractivity contribution is 7.89. The lowest BCUT2D eigenvalue weighted by molar-refractivity contribution is -0.116. The number of likely N-dealkylation sites (N-methyl/N-ethyl adjacent to an activating group) is 1. The van der Waals surface area contributed by atoms with E-state index in [9.17, 15) is 13.2 Å². The van der Waals surface area contributed by atoms with Gasteiger partial charge in [0, 0.05) is 25.2 Å². The Morgan fingerprint density at radius 3 is 2.50 bits per heavy atom. The maximum atomic E-state index is 12.6. The molecule has 1 aliphatic heterocycles. The minimum Gasteiger partial charge on any atom is -0.490 e. The number of sulfonamides is 1. The molecule has 8 nitrogen and oxygen atoms in total. The molecule has 1 heterocycles. The van der Waals surface area contributed by atoms with Crippen LogP contribution in [0.15, 0.2) is 47.4 Å². The predicted molar refractivity (Wildman–Crippen MR) is 102 cm³/mol. The Labute approximate surface area is 163 Å². The van der Waals surface area contributed by atoms with E-state index in [1.807, 2.05) is 6.07 Å². The molecule has 0 fully saturated rings. The Kier molecular flexibility index (Phi) is 5.82. The first-order valence-corrected chi connectivity index (χ1v) is 10.00. The Morgan fingerprint density at radius 1 is 1.14 bits per heavy atom. The van der Waals surface area contributed by atoms with Gasteiger partial charge < -0.3 is 14.8 Å². The number of nitrogens with one attached hydrogen (secondary N) is 1. The van der Waals surface area contributed by atoms with Crippen LogP contribution in [0, 0.1) is 11.3 Å². The van der Waals surface area contributed by atoms with E-state index in [0.717, 1.165) is 10.7 Å². The smallest absolute Gasteiger partial charge is 0.243 e. The van der Waals surface area contributed by atoms with Crippen LogP contribution in [0.1, 0.15) is 12.0 Å². The molecule has 0 bridgehead atoms. The van der Waals surface area contributed by atoms with Crippen molar-refractivity contribution in [3.63, 3.8) is 0 Å². The molecule has 0 spiro atoms. The van der Waals surface area contributed by atoms with Crippen molar-refractivity contribution in [3.8, 4) is 17.6 Å². The van der Waals surface area contributed by atoms with E-state index in [1.54, 1.807) is 18.2 Å². The van der Waals surface area contributed by atoms with E-state index in [4.69, 9.17) is 14.7 Å². The Hall–Kier alpha value is -3.09. The van der Waals surface area contributed by atoms with E-state index in [2.05, 4.69) is 5.32 Å². The number of amides is 1. The number of rotatable bonds is 5. The van der Waals surface area contributed by atoms with E-state index < -0.39 is 15.9 Å². The molecular formula is C19H19N3O5S. The van der Waals surface area contributed by atoms with Gasteiger partial charge >= 0.3 is 0 Å². The fraction of sp³-hybridized carbons (Fsp3) is 0.263. The molecule has 1 N–H and O–H groups in total. The van der Waals surface area contributed by atoms with Gasteiger partial charge in [-0.15, -0.1) is 0 Å². The Balaban J connectivity index is 1.67. The molecule has 2 aromatic rings. The average Bonchev–Trinajstić information content (AvgIpc) is 2.92. The zero-order chi connectivity index (χ0) is 20.1. The summed E-state index contributed by atoms with van der Waals surface area (Å²) in [5.74, 6) is 0.652. The largest absolute Gasteiger partial charge is 0.490 e. The van der Waals surface area contributed by atoms with Crippen LogP contribution < -0.4 is 14.8 Å². The molecule has 0 radical (unpaired) electrons. The Bertz CT molecular complexity index is 1010. The summed E-state index contributed by atoms with van der Waals surface area (Å²) in [4.78, 5) is 12.3. The van der Waals surface area contributed by atoms with Crippen LogP contribution in [-0.4, -0.2) is 45.4 Å². The van der Waals surface area contributed by atoms with Crippen LogP contribution in [0.25, 0.3) is 0 Å². The third-order valence-electron chi connectivity index (χ3n) is 4.09. The van der Waals surface area contributed by atoms with Crippen molar-refractivity contribution < 1.29 is 22.7 Å². The van der Waals surface area contributed by atoms with Gasteiger partial charge in [-0.1, -0.05) is 0 Å². The minimum absolute atomic E-state index is 0.0115. The van der Waals surface area contributed by atoms with Crippen LogP contribution >= 0.6 is 0 Å². The summed E-state index contributed by atoms with van der Waals surface area (Å²) in [7, 11) is -2.53. The normalized spacial score (nSPS) is 13.5. The van der Waals surface area contributed by atoms with Crippen molar-refractivity contribution in [1.29, 1.82) is 5.26 Å². The van der Waals surface area contributed by atoms with Gasteiger partial charge in [0.1, 0.15) is 0 Å². The number of hydrogen-bond donors (Lipinski definition) is 1. The van der Waals surface area contributed by atoms with Gasteiger partial charge in [-0.25, -0.2) is 8.42 Å². The number of fused-ring (bicyclic) bond motifs is 1. The molecular weight excluding hydrogens is 382 g/mol. The topological polar surface area (TPSA) is 109 Å². The van der Waals surface area contributed by atoms with Crippen molar-refractivity contribution in [3.05, 3.63) is 48.0 Å². The molecule has 3 rings (SSSR count). The molecule has 1 aliphatic rings. The molecule has 146 valence electrons. The summed E-state index contributed by atoms with van der Waals surface area (Å²) in [6.45, 7) is 0.726. The number of benzene rings is 2. The molecule has 2 aromatic carbocycles. The van der Waals surface area contributed by atoms with Gasteiger partial charge in [-0.05, 0) is 36.4 Å². The maximum absolute atomic E-state index is 12.6. The summed E-state index contributed by atoms with van der Waals surface area (Å²) in [6.07, 6.45) is 0.772. The molecule has 0 saturated carbocycles. The molecule has 9 heteroatoms. The monoisotopic (exact) mass is 401 g/mol. The second-order valence-electron chi connectivity index (χ2n) is 6.16. The van der Waals surface area contributed by atoms with Crippen molar-refractivity contribution in [1.82, 2.24) is 4.31 Å². The predicted octanol–water partition coefficient (Wildman–Crippen LogP) is 1.98. The van der Waals surface area contributed by atoms with Crippen LogP contribution in [0.4, 0.5) is 5.69 Å². The summed E-state index contributed by atoms with van der Waals surface area (Å²) in [5, 5.41) is 11.5. The second-order valence-corrected chi connectivity index (χ2v) is 8.20. The number of carbonyl (C=O) groups excluding carboxylic acids is 1. The lowest BCUT2D eigenvalue weighted by Crippen LogP contribution is -2.34. The van der Waals surface area contributed by atoms with Crippen molar-refractivity contribution >= 4 is 21.6 Å². The highest BCUT2D eigenvalue weighted by Gasteiger charge is 2.23. The first kappa shape index (κ1) is 19.7. The molecule has 0 aliphatic carbocycles. The lowest BCUT2D eigenvalue weighted by Gasteiger charge is -2.17. The maximum Gasteiger partial charge on any atom is 0.243 e. The third-order valence-corrected chi connectivity index (χ3v) is 5.91. The van der Waals surface area contributed by atoms with Gasteiger partial charge in [0.25, 0.3) is 0 Å². The molecule has 1 amide bonds. The third kappa shape index (κ3) is 4.42. The van der Waals surface area contributed by atoms with Crippen LogP contribution in [-0.2, 0) is 14.8 Å².